The molecule has 4 nitrogen and oxygen atoms in total. The van der Waals surface area contributed by atoms with Gasteiger partial charge in [-0.05, 0) is 55.0 Å². The number of halogens is 8. The fourth-order valence-electron chi connectivity index (χ4n) is 3.34. The van der Waals surface area contributed by atoms with Crippen LogP contribution < -0.4 is 14.4 Å². The summed E-state index contributed by atoms with van der Waals surface area (Å²) in [5.41, 5.74) is -1.95. The van der Waals surface area contributed by atoms with Gasteiger partial charge in [-0.25, -0.2) is 0 Å². The molecule has 1 unspecified atom stereocenters. The minimum atomic E-state index is -5.92. The summed E-state index contributed by atoms with van der Waals surface area (Å²) in [6.07, 6.45) is -13.1. The molecule has 206 valence electrons. The van der Waals surface area contributed by atoms with E-state index in [9.17, 15) is 40.2 Å². The van der Waals surface area contributed by atoms with Crippen molar-refractivity contribution in [1.82, 2.24) is 0 Å². The van der Waals surface area contributed by atoms with Crippen LogP contribution in [0.3, 0.4) is 0 Å². The first-order valence-electron chi connectivity index (χ1n) is 11.3. The Morgan fingerprint density at radius 1 is 0.763 bits per heavy atom. The Bertz CT molecular complexity index is 1200. The van der Waals surface area contributed by atoms with Crippen LogP contribution in [0.4, 0.5) is 46.5 Å². The van der Waals surface area contributed by atoms with Crippen LogP contribution in [0.25, 0.3) is 0 Å². The third-order valence-corrected chi connectivity index (χ3v) is 5.27. The first kappa shape index (κ1) is 29.0. The predicted molar refractivity (Wildman–Crippen MR) is 124 cm³/mol. The first-order chi connectivity index (χ1) is 17.7. The number of hydrogen-bond donors (Lipinski definition) is 1. The Kier molecular flexibility index (Phi) is 8.75. The highest BCUT2D eigenvalue weighted by atomic mass is 19.4. The third kappa shape index (κ3) is 7.06. The van der Waals surface area contributed by atoms with Gasteiger partial charge in [0.2, 0.25) is 0 Å². The fraction of sp³-hybridized carbons (Fsp3) is 0.308. The second-order valence-electron chi connectivity index (χ2n) is 8.21. The summed E-state index contributed by atoms with van der Waals surface area (Å²) in [5, 5.41) is 9.69. The molecule has 0 heterocycles. The van der Waals surface area contributed by atoms with E-state index < -0.39 is 42.2 Å². The highest BCUT2D eigenvalue weighted by Crippen LogP contribution is 2.45. The summed E-state index contributed by atoms with van der Waals surface area (Å²) in [4.78, 5) is 0.780. The SMILES string of the molecule is CCCOc1ccc(Oc2cccc(N(CC(O)C(F)(F)F)c3cccc(C(F)(F)C(F)(F)F)c3)c2)cc1. The number of ether oxygens (including phenoxy) is 2. The van der Waals surface area contributed by atoms with Gasteiger partial charge in [0.05, 0.1) is 13.2 Å². The molecule has 0 aliphatic carbocycles. The molecule has 3 aromatic carbocycles. The van der Waals surface area contributed by atoms with Gasteiger partial charge < -0.3 is 19.5 Å². The van der Waals surface area contributed by atoms with Gasteiger partial charge in [-0.2, -0.15) is 35.1 Å². The van der Waals surface area contributed by atoms with Crippen molar-refractivity contribution in [1.29, 1.82) is 0 Å². The standard InChI is InChI=1S/C26H23F8NO3/c1-2-13-37-20-9-11-21(12-10-20)38-22-8-4-7-19(15-22)35(16-23(36)25(29,30)31)18-6-3-5-17(14-18)24(27,28)26(32,33)34/h3-12,14-15,23,36H,2,13,16H2,1H3. The number of benzene rings is 3. The summed E-state index contributed by atoms with van der Waals surface area (Å²) in [6, 6.07) is 14.8. The van der Waals surface area contributed by atoms with Crippen molar-refractivity contribution in [2.45, 2.75) is 37.7 Å². The lowest BCUT2D eigenvalue weighted by molar-refractivity contribution is -0.289. The smallest absolute Gasteiger partial charge is 0.458 e. The molecule has 0 radical (unpaired) electrons. The van der Waals surface area contributed by atoms with Gasteiger partial charge in [0.15, 0.2) is 6.10 Å². The second kappa shape index (κ2) is 11.5. The summed E-state index contributed by atoms with van der Waals surface area (Å²) in [6.45, 7) is 1.27. The summed E-state index contributed by atoms with van der Waals surface area (Å²) >= 11 is 0. The van der Waals surface area contributed by atoms with Crippen LogP contribution >= 0.6 is 0 Å². The average Bonchev–Trinajstić information content (AvgIpc) is 2.85. The lowest BCUT2D eigenvalue weighted by Crippen LogP contribution is -2.39. The van der Waals surface area contributed by atoms with Crippen molar-refractivity contribution in [3.63, 3.8) is 0 Å². The van der Waals surface area contributed by atoms with Gasteiger partial charge >= 0.3 is 18.3 Å². The molecule has 0 bridgehead atoms. The Labute approximate surface area is 213 Å². The molecular weight excluding hydrogens is 526 g/mol. The van der Waals surface area contributed by atoms with E-state index >= 15 is 0 Å². The number of anilines is 2. The largest absolute Gasteiger partial charge is 0.494 e. The quantitative estimate of drug-likeness (QED) is 0.261. The first-order valence-corrected chi connectivity index (χ1v) is 11.3. The molecule has 0 amide bonds. The zero-order valence-corrected chi connectivity index (χ0v) is 19.9. The molecule has 0 saturated carbocycles. The van der Waals surface area contributed by atoms with Crippen LogP contribution in [0, 0.1) is 0 Å². The molecule has 0 saturated heterocycles. The zero-order chi connectivity index (χ0) is 28.1. The van der Waals surface area contributed by atoms with Crippen molar-refractivity contribution in [3.8, 4) is 17.2 Å². The Morgan fingerprint density at radius 2 is 1.34 bits per heavy atom. The van der Waals surface area contributed by atoms with E-state index in [0.717, 1.165) is 23.5 Å². The maximum absolute atomic E-state index is 14.0. The van der Waals surface area contributed by atoms with E-state index in [4.69, 9.17) is 9.47 Å². The van der Waals surface area contributed by atoms with Crippen molar-refractivity contribution in [2.75, 3.05) is 18.1 Å². The van der Waals surface area contributed by atoms with Crippen molar-refractivity contribution in [2.24, 2.45) is 0 Å². The number of aliphatic hydroxyl groups excluding tert-OH is 1. The molecule has 3 rings (SSSR count). The normalized spacial score (nSPS) is 13.2. The van der Waals surface area contributed by atoms with Crippen LogP contribution in [-0.2, 0) is 5.92 Å². The van der Waals surface area contributed by atoms with Crippen LogP contribution in [0.15, 0.2) is 72.8 Å². The third-order valence-electron chi connectivity index (χ3n) is 5.27. The number of hydrogen-bond acceptors (Lipinski definition) is 4. The molecular formula is C26H23F8NO3. The van der Waals surface area contributed by atoms with E-state index in [-0.39, 0.29) is 11.4 Å². The van der Waals surface area contributed by atoms with Gasteiger partial charge in [-0.15, -0.1) is 0 Å². The van der Waals surface area contributed by atoms with E-state index in [0.29, 0.717) is 30.2 Å². The Balaban J connectivity index is 1.96. The summed E-state index contributed by atoms with van der Waals surface area (Å²) in [5.74, 6) is -4.18. The molecule has 1 atom stereocenters. The molecule has 0 spiro atoms. The van der Waals surface area contributed by atoms with E-state index in [1.165, 1.54) is 24.3 Å². The highest BCUT2D eigenvalue weighted by Gasteiger charge is 2.58. The number of alkyl halides is 8. The predicted octanol–water partition coefficient (Wildman–Crippen LogP) is 7.98. The lowest BCUT2D eigenvalue weighted by Gasteiger charge is -2.30. The Morgan fingerprint density at radius 3 is 1.92 bits per heavy atom. The maximum atomic E-state index is 14.0. The molecule has 3 aromatic rings. The molecule has 12 heteroatoms. The van der Waals surface area contributed by atoms with Crippen molar-refractivity contribution >= 4 is 11.4 Å². The molecule has 1 N–H and O–H groups in total. The Hall–Kier alpha value is -3.54. The van der Waals surface area contributed by atoms with Crippen LogP contribution in [-0.4, -0.2) is 36.7 Å². The number of aliphatic hydroxyl groups is 1. The molecule has 0 fully saturated rings. The molecule has 0 aliphatic heterocycles. The van der Waals surface area contributed by atoms with Gasteiger partial charge in [0, 0.05) is 23.0 Å². The van der Waals surface area contributed by atoms with E-state index in [2.05, 4.69) is 0 Å². The van der Waals surface area contributed by atoms with Gasteiger partial charge in [-0.3, -0.25) is 0 Å². The number of rotatable bonds is 10. The molecule has 0 aromatic heterocycles. The van der Waals surface area contributed by atoms with Crippen molar-refractivity contribution in [3.05, 3.63) is 78.4 Å². The van der Waals surface area contributed by atoms with E-state index in [1.807, 2.05) is 6.92 Å². The minimum Gasteiger partial charge on any atom is -0.494 e. The van der Waals surface area contributed by atoms with Gasteiger partial charge in [0.1, 0.15) is 17.2 Å². The summed E-state index contributed by atoms with van der Waals surface area (Å²) < 4.78 is 117. The topological polar surface area (TPSA) is 41.9 Å². The number of nitrogens with zero attached hydrogens (tertiary/aromatic N) is 1. The maximum Gasteiger partial charge on any atom is 0.458 e. The van der Waals surface area contributed by atoms with Crippen LogP contribution in [0.1, 0.15) is 18.9 Å². The lowest BCUT2D eigenvalue weighted by atomic mass is 10.1. The van der Waals surface area contributed by atoms with Crippen LogP contribution in [0.5, 0.6) is 17.2 Å². The molecule has 0 aliphatic rings. The average molecular weight is 549 g/mol. The van der Waals surface area contributed by atoms with Gasteiger partial charge in [-0.1, -0.05) is 25.1 Å². The highest BCUT2D eigenvalue weighted by molar-refractivity contribution is 5.66. The zero-order valence-electron chi connectivity index (χ0n) is 19.9. The van der Waals surface area contributed by atoms with Gasteiger partial charge in [0.25, 0.3) is 0 Å². The minimum absolute atomic E-state index is 0.0545. The van der Waals surface area contributed by atoms with E-state index in [1.54, 1.807) is 24.3 Å². The monoisotopic (exact) mass is 549 g/mol. The fourth-order valence-corrected chi connectivity index (χ4v) is 3.34. The second-order valence-corrected chi connectivity index (χ2v) is 8.21. The summed E-state index contributed by atoms with van der Waals surface area (Å²) in [7, 11) is 0. The van der Waals surface area contributed by atoms with Crippen LogP contribution in [0.2, 0.25) is 0 Å². The molecule has 38 heavy (non-hydrogen) atoms. The van der Waals surface area contributed by atoms with Crippen molar-refractivity contribution < 1.29 is 49.7 Å².